The molecule has 0 atom stereocenters. The number of amides is 1. The lowest BCUT2D eigenvalue weighted by Gasteiger charge is -2.11. The lowest BCUT2D eigenvalue weighted by Crippen LogP contribution is -2.21. The molecule has 0 aliphatic carbocycles. The van der Waals surface area contributed by atoms with Gasteiger partial charge in [-0.1, -0.05) is 36.4 Å². The lowest BCUT2D eigenvalue weighted by atomic mass is 10.0. The molecule has 0 saturated heterocycles. The summed E-state index contributed by atoms with van der Waals surface area (Å²) in [5.74, 6) is 0.153. The van der Waals surface area contributed by atoms with E-state index in [1.54, 1.807) is 6.92 Å². The van der Waals surface area contributed by atoms with E-state index in [4.69, 9.17) is 0 Å². The van der Waals surface area contributed by atoms with Crippen LogP contribution in [0.3, 0.4) is 0 Å². The smallest absolute Gasteiger partial charge is 0.220 e. The molecule has 0 saturated carbocycles. The van der Waals surface area contributed by atoms with E-state index in [2.05, 4.69) is 30.3 Å². The van der Waals surface area contributed by atoms with Gasteiger partial charge in [0.25, 0.3) is 0 Å². The van der Waals surface area contributed by atoms with Gasteiger partial charge in [-0.15, -0.1) is 0 Å². The fraction of sp³-hybridized carbons (Fsp3) is 0.214. The van der Waals surface area contributed by atoms with E-state index in [0.29, 0.717) is 0 Å². The predicted molar refractivity (Wildman–Crippen MR) is 63.9 cm³/mol. The van der Waals surface area contributed by atoms with Gasteiger partial charge in [0.2, 0.25) is 5.91 Å². The molecule has 0 spiro atoms. The monoisotopic (exact) mass is 211 g/mol. The van der Waals surface area contributed by atoms with Gasteiger partial charge in [0, 0.05) is 20.0 Å². The first-order valence-corrected chi connectivity index (χ1v) is 5.51. The van der Waals surface area contributed by atoms with Crippen LogP contribution in [-0.4, -0.2) is 10.8 Å². The second-order valence-electron chi connectivity index (χ2n) is 4.30. The summed E-state index contributed by atoms with van der Waals surface area (Å²) < 4.78 is 0. The minimum atomic E-state index is 0.153. The molecule has 0 bridgehead atoms. The molecule has 1 aliphatic rings. The van der Waals surface area contributed by atoms with Crippen LogP contribution < -0.4 is 0 Å². The van der Waals surface area contributed by atoms with E-state index in [1.165, 1.54) is 21.9 Å². The van der Waals surface area contributed by atoms with Gasteiger partial charge < -0.3 is 4.90 Å². The largest absolute Gasteiger partial charge is 0.334 e. The van der Waals surface area contributed by atoms with Gasteiger partial charge in [0.05, 0.1) is 0 Å². The van der Waals surface area contributed by atoms with Crippen molar-refractivity contribution in [3.05, 3.63) is 47.5 Å². The van der Waals surface area contributed by atoms with Crippen LogP contribution in [0.1, 0.15) is 18.1 Å². The lowest BCUT2D eigenvalue weighted by molar-refractivity contribution is -0.129. The summed E-state index contributed by atoms with van der Waals surface area (Å²) in [5, 5.41) is 2.54. The maximum Gasteiger partial charge on any atom is 0.220 e. The summed E-state index contributed by atoms with van der Waals surface area (Å²) in [6.07, 6.45) is 0. The van der Waals surface area contributed by atoms with Crippen molar-refractivity contribution in [2.45, 2.75) is 20.0 Å². The molecular formula is C14H13NO. The zero-order valence-corrected chi connectivity index (χ0v) is 9.23. The molecule has 0 unspecified atom stereocenters. The number of rotatable bonds is 0. The second kappa shape index (κ2) is 3.34. The second-order valence-corrected chi connectivity index (χ2v) is 4.30. The molecular weight excluding hydrogens is 198 g/mol. The summed E-state index contributed by atoms with van der Waals surface area (Å²) in [6.45, 7) is 3.15. The minimum Gasteiger partial charge on any atom is -0.334 e. The third kappa shape index (κ3) is 1.30. The molecule has 2 heteroatoms. The number of benzene rings is 2. The van der Waals surface area contributed by atoms with Crippen molar-refractivity contribution in [3.63, 3.8) is 0 Å². The van der Waals surface area contributed by atoms with E-state index < -0.39 is 0 Å². The Kier molecular flexibility index (Phi) is 1.96. The molecule has 2 aromatic carbocycles. The van der Waals surface area contributed by atoms with Crippen LogP contribution in [0.2, 0.25) is 0 Å². The van der Waals surface area contributed by atoms with Crippen LogP contribution >= 0.6 is 0 Å². The van der Waals surface area contributed by atoms with E-state index in [9.17, 15) is 4.79 Å². The molecule has 0 aromatic heterocycles. The van der Waals surface area contributed by atoms with E-state index in [-0.39, 0.29) is 5.91 Å². The molecule has 2 aromatic rings. The normalized spacial score (nSPS) is 14.2. The van der Waals surface area contributed by atoms with Crippen molar-refractivity contribution in [2.75, 3.05) is 0 Å². The summed E-state index contributed by atoms with van der Waals surface area (Å²) in [6, 6.07) is 12.6. The highest BCUT2D eigenvalue weighted by atomic mass is 16.2. The average molecular weight is 211 g/mol. The molecule has 0 radical (unpaired) electrons. The van der Waals surface area contributed by atoms with E-state index in [1.807, 2.05) is 11.0 Å². The third-order valence-corrected chi connectivity index (χ3v) is 3.29. The van der Waals surface area contributed by atoms with Crippen LogP contribution in [0.15, 0.2) is 36.4 Å². The summed E-state index contributed by atoms with van der Waals surface area (Å²) in [5.41, 5.74) is 2.60. The summed E-state index contributed by atoms with van der Waals surface area (Å²) in [7, 11) is 0. The average Bonchev–Trinajstić information content (AvgIpc) is 2.73. The molecule has 1 heterocycles. The standard InChI is InChI=1S/C14H13NO/c1-10(16)15-8-12-7-6-11-4-2-3-5-13(11)14(12)9-15/h2-7H,8-9H2,1H3. The van der Waals surface area contributed by atoms with Crippen molar-refractivity contribution in [1.82, 2.24) is 4.90 Å². The van der Waals surface area contributed by atoms with Crippen molar-refractivity contribution >= 4 is 16.7 Å². The maximum atomic E-state index is 11.4. The van der Waals surface area contributed by atoms with Gasteiger partial charge in [-0.05, 0) is 21.9 Å². The highest BCUT2D eigenvalue weighted by Crippen LogP contribution is 2.29. The van der Waals surface area contributed by atoms with Crippen molar-refractivity contribution < 1.29 is 4.79 Å². The highest BCUT2D eigenvalue weighted by Gasteiger charge is 2.22. The van der Waals surface area contributed by atoms with Crippen molar-refractivity contribution in [1.29, 1.82) is 0 Å². The number of carbonyl (C=O) groups excluding carboxylic acids is 1. The number of fused-ring (bicyclic) bond motifs is 3. The van der Waals surface area contributed by atoms with Crippen LogP contribution in [0.5, 0.6) is 0 Å². The van der Waals surface area contributed by atoms with Crippen LogP contribution in [-0.2, 0) is 17.9 Å². The van der Waals surface area contributed by atoms with E-state index in [0.717, 1.165) is 13.1 Å². The molecule has 0 N–H and O–H groups in total. The van der Waals surface area contributed by atoms with Crippen molar-refractivity contribution in [2.24, 2.45) is 0 Å². The molecule has 1 aliphatic heterocycles. The van der Waals surface area contributed by atoms with Gasteiger partial charge in [-0.2, -0.15) is 0 Å². The van der Waals surface area contributed by atoms with E-state index >= 15 is 0 Å². The quantitative estimate of drug-likeness (QED) is 0.656. The fourth-order valence-electron chi connectivity index (χ4n) is 2.39. The zero-order valence-electron chi connectivity index (χ0n) is 9.23. The topological polar surface area (TPSA) is 20.3 Å². The Morgan fingerprint density at radius 3 is 2.75 bits per heavy atom. The Labute approximate surface area is 94.5 Å². The molecule has 2 nitrogen and oxygen atoms in total. The molecule has 1 amide bonds. The van der Waals surface area contributed by atoms with Crippen LogP contribution in [0.25, 0.3) is 10.8 Å². The highest BCUT2D eigenvalue weighted by molar-refractivity contribution is 5.88. The Morgan fingerprint density at radius 1 is 1.12 bits per heavy atom. The Bertz CT molecular complexity index is 574. The number of nitrogens with zero attached hydrogens (tertiary/aromatic N) is 1. The predicted octanol–water partition coefficient (Wildman–Crippen LogP) is 2.70. The van der Waals surface area contributed by atoms with Gasteiger partial charge in [-0.3, -0.25) is 4.79 Å². The maximum absolute atomic E-state index is 11.4. The number of hydrogen-bond donors (Lipinski definition) is 0. The van der Waals surface area contributed by atoms with Gasteiger partial charge in [0.1, 0.15) is 0 Å². The van der Waals surface area contributed by atoms with Gasteiger partial charge in [-0.25, -0.2) is 0 Å². The van der Waals surface area contributed by atoms with Crippen molar-refractivity contribution in [3.8, 4) is 0 Å². The first kappa shape index (κ1) is 9.40. The third-order valence-electron chi connectivity index (χ3n) is 3.29. The fourth-order valence-corrected chi connectivity index (χ4v) is 2.39. The Hall–Kier alpha value is -1.83. The van der Waals surface area contributed by atoms with Gasteiger partial charge in [0.15, 0.2) is 0 Å². The summed E-state index contributed by atoms with van der Waals surface area (Å²) in [4.78, 5) is 13.3. The first-order chi connectivity index (χ1) is 7.75. The molecule has 0 fully saturated rings. The Balaban J connectivity index is 2.17. The zero-order chi connectivity index (χ0) is 11.1. The SMILES string of the molecule is CC(=O)N1Cc2ccc3ccccc3c2C1. The van der Waals surface area contributed by atoms with Crippen LogP contribution in [0, 0.1) is 0 Å². The number of hydrogen-bond acceptors (Lipinski definition) is 1. The summed E-state index contributed by atoms with van der Waals surface area (Å²) >= 11 is 0. The minimum absolute atomic E-state index is 0.153. The molecule has 16 heavy (non-hydrogen) atoms. The first-order valence-electron chi connectivity index (χ1n) is 5.51. The molecule has 80 valence electrons. The Morgan fingerprint density at radius 2 is 1.94 bits per heavy atom. The number of carbonyl (C=O) groups is 1. The van der Waals surface area contributed by atoms with Gasteiger partial charge >= 0.3 is 0 Å². The molecule has 3 rings (SSSR count). The van der Waals surface area contributed by atoms with Crippen LogP contribution in [0.4, 0.5) is 0 Å².